The Kier molecular flexibility index (Phi) is 2.73. The Labute approximate surface area is 37.7 Å². The molecule has 0 aliphatic heterocycles. The minimum Gasteiger partial charge on any atom is -0.204 e. The highest BCUT2D eigenvalue weighted by molar-refractivity contribution is 4.69. The third-order valence-electron chi connectivity index (χ3n) is 0.396. The second-order valence-corrected chi connectivity index (χ2v) is 1.52. The molecule has 6 heavy (non-hydrogen) atoms. The Hall–Kier alpha value is -0.330. The van der Waals surface area contributed by atoms with Crippen molar-refractivity contribution in [1.82, 2.24) is 0 Å². The summed E-state index contributed by atoms with van der Waals surface area (Å²) in [6.45, 7) is 3.79. The van der Waals surface area contributed by atoms with Crippen molar-refractivity contribution in [2.24, 2.45) is 5.92 Å². The van der Waals surface area contributed by atoms with E-state index in [9.17, 15) is 4.39 Å². The van der Waals surface area contributed by atoms with Crippen LogP contribution in [-0.4, -0.2) is 0 Å². The van der Waals surface area contributed by atoms with Crippen LogP contribution in [0.1, 0.15) is 13.8 Å². The molecule has 0 heterocycles. The maximum atomic E-state index is 10.9. The van der Waals surface area contributed by atoms with Crippen molar-refractivity contribution in [2.75, 3.05) is 0 Å². The molecule has 1 heteroatoms. The van der Waals surface area contributed by atoms with Gasteiger partial charge in [-0.15, -0.1) is 0 Å². The molecule has 0 aromatic rings. The van der Waals surface area contributed by atoms with E-state index in [4.69, 9.17) is 0 Å². The van der Waals surface area contributed by atoms with Crippen molar-refractivity contribution in [1.29, 1.82) is 0 Å². The first-order valence-electron chi connectivity index (χ1n) is 1.97. The summed E-state index contributed by atoms with van der Waals surface area (Å²) in [6.07, 6.45) is 2.82. The molecule has 35 valence electrons. The van der Waals surface area contributed by atoms with Gasteiger partial charge >= 0.3 is 0 Å². The van der Waals surface area contributed by atoms with E-state index in [0.29, 0.717) is 0 Å². The average Bonchev–Trinajstić information content (AvgIpc) is 1.35. The Bertz CT molecular complexity index is 45.9. The predicted molar refractivity (Wildman–Crippen MR) is 23.8 cm³/mol. The van der Waals surface area contributed by atoms with Gasteiger partial charge in [0.15, 0.2) is 6.33 Å². The fourth-order valence-electron chi connectivity index (χ4n) is 0.126. The van der Waals surface area contributed by atoms with Gasteiger partial charge in [0.1, 0.15) is 0 Å². The van der Waals surface area contributed by atoms with Crippen molar-refractivity contribution < 1.29 is 4.39 Å². The van der Waals surface area contributed by atoms with Crippen LogP contribution in [0.2, 0.25) is 0 Å². The molecule has 0 bridgehead atoms. The quantitative estimate of drug-likeness (QED) is 0.458. The number of allylic oxidation sites excluding steroid dienone is 1. The van der Waals surface area contributed by atoms with E-state index in [-0.39, 0.29) is 5.92 Å². The average molecular weight is 87.1 g/mol. The Balaban J connectivity index is 3.03. The summed E-state index contributed by atoms with van der Waals surface area (Å²) in [5.74, 6) is 0.287. The van der Waals surface area contributed by atoms with Crippen LogP contribution in [0.15, 0.2) is 6.08 Å². The molecule has 0 rings (SSSR count). The highest BCUT2D eigenvalue weighted by Crippen LogP contribution is 1.90. The topological polar surface area (TPSA) is 0 Å². The second kappa shape index (κ2) is 2.88. The summed E-state index contributed by atoms with van der Waals surface area (Å²) in [5, 5.41) is 0. The monoisotopic (exact) mass is 87.1 g/mol. The standard InChI is InChI=1S/C5H8F/c1-5(2)3-4-6/h3,5H,1-2H3. The Morgan fingerprint density at radius 2 is 2.17 bits per heavy atom. The molecule has 0 nitrogen and oxygen atoms in total. The minimum absolute atomic E-state index is 0.287. The molecule has 0 amide bonds. The molecular formula is C5H8F. The Morgan fingerprint density at radius 3 is 2.17 bits per heavy atom. The van der Waals surface area contributed by atoms with Gasteiger partial charge in [-0.1, -0.05) is 13.8 Å². The fourth-order valence-corrected chi connectivity index (χ4v) is 0.126. The summed E-state index contributed by atoms with van der Waals surface area (Å²) < 4.78 is 10.9. The summed E-state index contributed by atoms with van der Waals surface area (Å²) in [4.78, 5) is 0. The molecule has 0 aliphatic carbocycles. The van der Waals surface area contributed by atoms with E-state index in [2.05, 4.69) is 0 Å². The maximum Gasteiger partial charge on any atom is 0.154 e. The lowest BCUT2D eigenvalue weighted by atomic mass is 10.2. The minimum atomic E-state index is 0.287. The lowest BCUT2D eigenvalue weighted by Gasteiger charge is -1.84. The predicted octanol–water partition coefficient (Wildman–Crippen LogP) is 1.93. The van der Waals surface area contributed by atoms with Crippen molar-refractivity contribution in [3.8, 4) is 0 Å². The zero-order valence-electron chi connectivity index (χ0n) is 4.03. The van der Waals surface area contributed by atoms with Crippen LogP contribution < -0.4 is 0 Å². The van der Waals surface area contributed by atoms with Gasteiger partial charge in [0.25, 0.3) is 0 Å². The van der Waals surface area contributed by atoms with E-state index < -0.39 is 0 Å². The summed E-state index contributed by atoms with van der Waals surface area (Å²) in [6, 6.07) is 0. The molecular weight excluding hydrogens is 79.1 g/mol. The smallest absolute Gasteiger partial charge is 0.154 e. The lowest BCUT2D eigenvalue weighted by molar-refractivity contribution is 0.660. The van der Waals surface area contributed by atoms with E-state index in [1.165, 1.54) is 12.4 Å². The molecule has 0 spiro atoms. The number of halogens is 1. The summed E-state index contributed by atoms with van der Waals surface area (Å²) >= 11 is 0. The van der Waals surface area contributed by atoms with Crippen LogP contribution in [0, 0.1) is 12.2 Å². The van der Waals surface area contributed by atoms with E-state index in [1.807, 2.05) is 13.8 Å². The van der Waals surface area contributed by atoms with E-state index >= 15 is 0 Å². The van der Waals surface area contributed by atoms with Gasteiger partial charge in [-0.25, -0.2) is 4.39 Å². The molecule has 0 aliphatic rings. The first kappa shape index (κ1) is 5.67. The van der Waals surface area contributed by atoms with E-state index in [1.54, 1.807) is 0 Å². The van der Waals surface area contributed by atoms with Crippen molar-refractivity contribution >= 4 is 0 Å². The molecule has 0 N–H and O–H groups in total. The zero-order chi connectivity index (χ0) is 4.99. The van der Waals surface area contributed by atoms with Gasteiger partial charge in [0.2, 0.25) is 0 Å². The lowest BCUT2D eigenvalue weighted by Crippen LogP contribution is -1.73. The summed E-state index contributed by atoms with van der Waals surface area (Å²) in [7, 11) is 0. The van der Waals surface area contributed by atoms with Gasteiger partial charge in [-0.2, -0.15) is 0 Å². The van der Waals surface area contributed by atoms with Crippen LogP contribution in [0.4, 0.5) is 4.39 Å². The highest BCUT2D eigenvalue weighted by Gasteiger charge is 1.79. The molecule has 0 fully saturated rings. The van der Waals surface area contributed by atoms with Crippen molar-refractivity contribution in [2.45, 2.75) is 13.8 Å². The van der Waals surface area contributed by atoms with Crippen LogP contribution in [-0.2, 0) is 0 Å². The largest absolute Gasteiger partial charge is 0.204 e. The van der Waals surface area contributed by atoms with Crippen molar-refractivity contribution in [3.05, 3.63) is 12.4 Å². The number of hydrogen-bond donors (Lipinski definition) is 0. The van der Waals surface area contributed by atoms with Crippen LogP contribution in [0.3, 0.4) is 0 Å². The Morgan fingerprint density at radius 1 is 1.67 bits per heavy atom. The molecule has 0 saturated heterocycles. The molecule has 0 aromatic carbocycles. The SMILES string of the molecule is CC(C)/C=[C]\F. The number of rotatable bonds is 1. The van der Waals surface area contributed by atoms with Crippen LogP contribution >= 0.6 is 0 Å². The van der Waals surface area contributed by atoms with Gasteiger partial charge in [0, 0.05) is 0 Å². The second-order valence-electron chi connectivity index (χ2n) is 1.52. The molecule has 0 unspecified atom stereocenters. The van der Waals surface area contributed by atoms with Crippen LogP contribution in [0.25, 0.3) is 0 Å². The van der Waals surface area contributed by atoms with Gasteiger partial charge in [-0.05, 0) is 12.0 Å². The van der Waals surface area contributed by atoms with E-state index in [0.717, 1.165) is 0 Å². The third-order valence-corrected chi connectivity index (χ3v) is 0.396. The molecule has 1 radical (unpaired) electrons. The van der Waals surface area contributed by atoms with Crippen molar-refractivity contribution in [3.63, 3.8) is 0 Å². The maximum absolute atomic E-state index is 10.9. The highest BCUT2D eigenvalue weighted by atomic mass is 19.1. The van der Waals surface area contributed by atoms with Gasteiger partial charge in [-0.3, -0.25) is 0 Å². The fraction of sp³-hybridized carbons (Fsp3) is 0.600. The zero-order valence-corrected chi connectivity index (χ0v) is 4.03. The normalized spacial score (nSPS) is 11.3. The molecule has 0 atom stereocenters. The first-order chi connectivity index (χ1) is 2.77. The number of hydrogen-bond acceptors (Lipinski definition) is 0. The van der Waals surface area contributed by atoms with Gasteiger partial charge < -0.3 is 0 Å². The summed E-state index contributed by atoms with van der Waals surface area (Å²) in [5.41, 5.74) is 0. The van der Waals surface area contributed by atoms with Gasteiger partial charge in [0.05, 0.1) is 0 Å². The van der Waals surface area contributed by atoms with Crippen LogP contribution in [0.5, 0.6) is 0 Å². The molecule has 0 aromatic heterocycles. The first-order valence-corrected chi connectivity index (χ1v) is 1.97. The molecule has 0 saturated carbocycles. The third kappa shape index (κ3) is 3.67.